The molecule has 0 aromatic carbocycles. The highest BCUT2D eigenvalue weighted by Gasteiger charge is 2.60. The third kappa shape index (κ3) is 2.22. The van der Waals surface area contributed by atoms with Gasteiger partial charge in [-0.1, -0.05) is 19.4 Å². The molecular formula is C22H29NO2. The Morgan fingerprint density at radius 3 is 2.64 bits per heavy atom. The first-order valence-electron chi connectivity index (χ1n) is 9.96. The van der Waals surface area contributed by atoms with E-state index in [0.29, 0.717) is 30.0 Å². The summed E-state index contributed by atoms with van der Waals surface area (Å²) in [5.41, 5.74) is 1.48. The van der Waals surface area contributed by atoms with Gasteiger partial charge in [0.2, 0.25) is 0 Å². The lowest BCUT2D eigenvalue weighted by atomic mass is 9.46. The molecule has 0 spiro atoms. The first kappa shape index (κ1) is 17.0. The first-order valence-corrected chi connectivity index (χ1v) is 9.96. The normalized spacial score (nSPS) is 48.6. The molecule has 3 heteroatoms. The number of carbonyl (C=O) groups excluding carboxylic acids is 2. The van der Waals surface area contributed by atoms with Crippen LogP contribution in [0, 0.1) is 51.8 Å². The molecule has 0 aromatic rings. The Kier molecular flexibility index (Phi) is 3.76. The summed E-state index contributed by atoms with van der Waals surface area (Å²) in [5.74, 6) is 2.03. The maximum atomic E-state index is 12.2. The van der Waals surface area contributed by atoms with Gasteiger partial charge in [-0.2, -0.15) is 5.26 Å². The van der Waals surface area contributed by atoms with Crippen LogP contribution in [-0.2, 0) is 9.59 Å². The van der Waals surface area contributed by atoms with Gasteiger partial charge in [0.25, 0.3) is 0 Å². The van der Waals surface area contributed by atoms with Gasteiger partial charge in [-0.3, -0.25) is 9.59 Å². The summed E-state index contributed by atoms with van der Waals surface area (Å²) in [7, 11) is 0. The summed E-state index contributed by atoms with van der Waals surface area (Å²) in [6.45, 7) is 6.45. The minimum atomic E-state index is -0.464. The van der Waals surface area contributed by atoms with Gasteiger partial charge in [0.05, 0.1) is 6.07 Å². The minimum absolute atomic E-state index is 0.00681. The summed E-state index contributed by atoms with van der Waals surface area (Å²) < 4.78 is 0. The van der Waals surface area contributed by atoms with Crippen LogP contribution in [0.5, 0.6) is 0 Å². The van der Waals surface area contributed by atoms with E-state index in [-0.39, 0.29) is 22.5 Å². The van der Waals surface area contributed by atoms with Crippen LogP contribution in [0.15, 0.2) is 11.6 Å². The Labute approximate surface area is 150 Å². The summed E-state index contributed by atoms with van der Waals surface area (Å²) in [6, 6.07) is 2.24. The van der Waals surface area contributed by atoms with Gasteiger partial charge in [-0.25, -0.2) is 0 Å². The molecular weight excluding hydrogens is 310 g/mol. The molecule has 4 rings (SSSR count). The van der Waals surface area contributed by atoms with Gasteiger partial charge in [-0.05, 0) is 86.5 Å². The lowest BCUT2D eigenvalue weighted by Gasteiger charge is -2.58. The molecule has 4 aliphatic rings. The molecule has 25 heavy (non-hydrogen) atoms. The molecule has 0 saturated heterocycles. The molecule has 3 saturated carbocycles. The van der Waals surface area contributed by atoms with E-state index in [4.69, 9.17) is 0 Å². The molecule has 0 bridgehead atoms. The summed E-state index contributed by atoms with van der Waals surface area (Å²) in [4.78, 5) is 24.4. The average molecular weight is 339 g/mol. The predicted octanol–water partition coefficient (Wildman–Crippen LogP) is 4.47. The zero-order valence-electron chi connectivity index (χ0n) is 15.7. The van der Waals surface area contributed by atoms with Crippen molar-refractivity contribution in [2.75, 3.05) is 0 Å². The number of allylic oxidation sites excluding steroid dienone is 1. The number of fused-ring (bicyclic) bond motifs is 5. The second kappa shape index (κ2) is 5.53. The van der Waals surface area contributed by atoms with Crippen molar-refractivity contribution in [2.24, 2.45) is 40.4 Å². The highest BCUT2D eigenvalue weighted by molar-refractivity contribution is 5.95. The van der Waals surface area contributed by atoms with Crippen LogP contribution in [-0.4, -0.2) is 11.6 Å². The fourth-order valence-corrected chi connectivity index (χ4v) is 7.42. The second-order valence-electron chi connectivity index (χ2n) is 9.58. The van der Waals surface area contributed by atoms with Crippen molar-refractivity contribution in [3.63, 3.8) is 0 Å². The van der Waals surface area contributed by atoms with Crippen LogP contribution in [0.2, 0.25) is 0 Å². The number of ketones is 2. The number of nitrogens with zero attached hydrogens (tertiary/aromatic N) is 1. The molecule has 0 aliphatic heterocycles. The van der Waals surface area contributed by atoms with Crippen LogP contribution in [0.1, 0.15) is 65.7 Å². The van der Waals surface area contributed by atoms with Gasteiger partial charge in [0.15, 0.2) is 5.78 Å². The predicted molar refractivity (Wildman–Crippen MR) is 95.4 cm³/mol. The van der Waals surface area contributed by atoms with Gasteiger partial charge < -0.3 is 0 Å². The van der Waals surface area contributed by atoms with E-state index in [1.165, 1.54) is 12.0 Å². The van der Waals surface area contributed by atoms with Crippen molar-refractivity contribution in [1.29, 1.82) is 5.26 Å². The summed E-state index contributed by atoms with van der Waals surface area (Å²) in [6.07, 6.45) is 9.17. The summed E-state index contributed by atoms with van der Waals surface area (Å²) >= 11 is 0. The van der Waals surface area contributed by atoms with E-state index in [2.05, 4.69) is 19.9 Å². The second-order valence-corrected chi connectivity index (χ2v) is 9.58. The lowest BCUT2D eigenvalue weighted by molar-refractivity contribution is -0.129. The molecule has 0 N–H and O–H groups in total. The number of carbonyl (C=O) groups is 2. The van der Waals surface area contributed by atoms with Crippen LogP contribution in [0.3, 0.4) is 0 Å². The molecule has 3 fully saturated rings. The largest absolute Gasteiger partial charge is 0.300 e. The Bertz CT molecular complexity index is 701. The van der Waals surface area contributed by atoms with Crippen molar-refractivity contribution >= 4 is 11.6 Å². The zero-order valence-corrected chi connectivity index (χ0v) is 15.7. The van der Waals surface area contributed by atoms with E-state index in [1.54, 1.807) is 6.92 Å². The van der Waals surface area contributed by atoms with Gasteiger partial charge in [0, 0.05) is 5.92 Å². The van der Waals surface area contributed by atoms with E-state index in [1.807, 2.05) is 6.08 Å². The molecule has 134 valence electrons. The monoisotopic (exact) mass is 339 g/mol. The van der Waals surface area contributed by atoms with Gasteiger partial charge in [0.1, 0.15) is 11.7 Å². The van der Waals surface area contributed by atoms with Crippen molar-refractivity contribution in [1.82, 2.24) is 0 Å². The highest BCUT2D eigenvalue weighted by Crippen LogP contribution is 2.66. The standard InChI is InChI=1S/C22H29NO2/c1-13(24)17-6-7-18-16-5-4-15-10-20(25)14(12-23)11-22(15,3)19(16)8-9-21(17,18)2/h10,14,16-19H,4-9,11H2,1-3H3/t14?,16-,17+,18-,19-,21+,22-/m0/s1. The Hall–Kier alpha value is -1.43. The van der Waals surface area contributed by atoms with Gasteiger partial charge in [-0.15, -0.1) is 0 Å². The number of hydrogen-bond acceptors (Lipinski definition) is 3. The smallest absolute Gasteiger partial charge is 0.172 e. The number of hydrogen-bond donors (Lipinski definition) is 0. The number of nitriles is 1. The van der Waals surface area contributed by atoms with Crippen LogP contribution >= 0.6 is 0 Å². The highest BCUT2D eigenvalue weighted by atomic mass is 16.1. The third-order valence-corrected chi connectivity index (χ3v) is 8.67. The van der Waals surface area contributed by atoms with Crippen molar-refractivity contribution in [3.8, 4) is 6.07 Å². The number of Topliss-reactive ketones (excluding diaryl/α,β-unsaturated/α-hetero) is 1. The fraction of sp³-hybridized carbons (Fsp3) is 0.773. The average Bonchev–Trinajstić information content (AvgIpc) is 2.92. The molecule has 3 nitrogen and oxygen atoms in total. The lowest BCUT2D eigenvalue weighted by Crippen LogP contribution is -2.51. The Balaban J connectivity index is 1.68. The van der Waals surface area contributed by atoms with Crippen molar-refractivity contribution in [2.45, 2.75) is 65.7 Å². The van der Waals surface area contributed by atoms with Crippen LogP contribution in [0.25, 0.3) is 0 Å². The minimum Gasteiger partial charge on any atom is -0.300 e. The molecule has 1 unspecified atom stereocenters. The van der Waals surface area contributed by atoms with Crippen molar-refractivity contribution < 1.29 is 9.59 Å². The molecule has 0 heterocycles. The van der Waals surface area contributed by atoms with E-state index < -0.39 is 5.92 Å². The zero-order chi connectivity index (χ0) is 18.0. The maximum Gasteiger partial charge on any atom is 0.172 e. The third-order valence-electron chi connectivity index (χ3n) is 8.67. The Morgan fingerprint density at radius 1 is 1.20 bits per heavy atom. The molecule has 0 aromatic heterocycles. The van der Waals surface area contributed by atoms with Crippen LogP contribution < -0.4 is 0 Å². The maximum absolute atomic E-state index is 12.2. The molecule has 4 aliphatic carbocycles. The summed E-state index contributed by atoms with van der Waals surface area (Å²) in [5, 5.41) is 9.41. The fourth-order valence-electron chi connectivity index (χ4n) is 7.42. The molecule has 0 amide bonds. The van der Waals surface area contributed by atoms with Crippen LogP contribution in [0.4, 0.5) is 0 Å². The molecule has 7 atom stereocenters. The van der Waals surface area contributed by atoms with Crippen molar-refractivity contribution in [3.05, 3.63) is 11.6 Å². The van der Waals surface area contributed by atoms with Gasteiger partial charge >= 0.3 is 0 Å². The van der Waals surface area contributed by atoms with E-state index in [9.17, 15) is 14.9 Å². The topological polar surface area (TPSA) is 57.9 Å². The van der Waals surface area contributed by atoms with E-state index >= 15 is 0 Å². The quantitative estimate of drug-likeness (QED) is 0.708. The number of rotatable bonds is 1. The van der Waals surface area contributed by atoms with E-state index in [0.717, 1.165) is 32.1 Å². The molecule has 0 radical (unpaired) electrons. The SMILES string of the molecule is CC(=O)[C@H]1CC[C@H]2[C@@H]3CCC4=CC(=O)C(C#N)C[C@]4(C)[C@H]3CC[C@]12C. The first-order chi connectivity index (χ1) is 11.8. The Morgan fingerprint density at radius 2 is 1.96 bits per heavy atom.